The molecule has 0 radical (unpaired) electrons. The highest BCUT2D eigenvalue weighted by Gasteiger charge is 2.27. The van der Waals surface area contributed by atoms with E-state index in [4.69, 9.17) is 4.74 Å². The molecule has 1 N–H and O–H groups in total. The zero-order valence-electron chi connectivity index (χ0n) is 21.4. The van der Waals surface area contributed by atoms with Gasteiger partial charge in [-0.3, -0.25) is 4.90 Å². The molecule has 39 heavy (non-hydrogen) atoms. The summed E-state index contributed by atoms with van der Waals surface area (Å²) in [7, 11) is 2.14. The van der Waals surface area contributed by atoms with Gasteiger partial charge in [-0.25, -0.2) is 31.9 Å². The zero-order chi connectivity index (χ0) is 27.5. The lowest BCUT2D eigenvalue weighted by Gasteiger charge is -2.42. The molecule has 5 rings (SSSR count). The van der Waals surface area contributed by atoms with E-state index in [9.17, 15) is 17.6 Å². The first-order chi connectivity index (χ1) is 18.8. The van der Waals surface area contributed by atoms with Gasteiger partial charge in [0.05, 0.1) is 23.6 Å². The molecule has 0 spiro atoms. The molecule has 3 heterocycles. The SMILES string of the molecule is CN1CCN(C2CCN(c3ccc(Nc4ncc(OCc5c(F)c(F)cc(F)c5F)cn4)cc3F)CC2)CC1. The summed E-state index contributed by atoms with van der Waals surface area (Å²) < 4.78 is 74.5. The summed E-state index contributed by atoms with van der Waals surface area (Å²) in [4.78, 5) is 15.0. The maximum Gasteiger partial charge on any atom is 0.227 e. The van der Waals surface area contributed by atoms with Crippen LogP contribution in [0.5, 0.6) is 5.75 Å². The van der Waals surface area contributed by atoms with Gasteiger partial charge >= 0.3 is 0 Å². The predicted octanol–water partition coefficient (Wildman–Crippen LogP) is 4.71. The van der Waals surface area contributed by atoms with Crippen molar-refractivity contribution in [1.29, 1.82) is 0 Å². The lowest BCUT2D eigenvalue weighted by atomic mass is 10.0. The number of rotatable bonds is 7. The first-order valence-corrected chi connectivity index (χ1v) is 12.8. The third kappa shape index (κ3) is 6.22. The van der Waals surface area contributed by atoms with Gasteiger partial charge in [-0.15, -0.1) is 0 Å². The number of piperidine rings is 1. The Hall–Kier alpha value is -3.51. The van der Waals surface area contributed by atoms with Crippen molar-refractivity contribution >= 4 is 17.3 Å². The minimum atomic E-state index is -1.53. The molecule has 0 saturated carbocycles. The van der Waals surface area contributed by atoms with E-state index < -0.39 is 35.4 Å². The number of likely N-dealkylation sites (N-methyl/N-ethyl adjacent to an activating group) is 1. The smallest absolute Gasteiger partial charge is 0.227 e. The molecule has 0 unspecified atom stereocenters. The highest BCUT2D eigenvalue weighted by Crippen LogP contribution is 2.28. The Morgan fingerprint density at radius 2 is 1.49 bits per heavy atom. The van der Waals surface area contributed by atoms with Crippen molar-refractivity contribution in [1.82, 2.24) is 19.8 Å². The predicted molar refractivity (Wildman–Crippen MR) is 137 cm³/mol. The minimum absolute atomic E-state index is 0.0190. The molecule has 2 fully saturated rings. The second-order valence-corrected chi connectivity index (χ2v) is 9.83. The third-order valence-electron chi connectivity index (χ3n) is 7.28. The largest absolute Gasteiger partial charge is 0.485 e. The average Bonchev–Trinajstić information content (AvgIpc) is 2.93. The molecule has 2 aromatic carbocycles. The molecule has 2 saturated heterocycles. The van der Waals surface area contributed by atoms with E-state index in [1.807, 2.05) is 0 Å². The van der Waals surface area contributed by atoms with Crippen LogP contribution in [-0.4, -0.2) is 72.1 Å². The summed E-state index contributed by atoms with van der Waals surface area (Å²) >= 11 is 0. The van der Waals surface area contributed by atoms with Crippen molar-refractivity contribution in [3.05, 3.63) is 71.3 Å². The number of aromatic nitrogens is 2. The quantitative estimate of drug-likeness (QED) is 0.339. The van der Waals surface area contributed by atoms with Crippen molar-refractivity contribution in [2.75, 3.05) is 56.5 Å². The van der Waals surface area contributed by atoms with E-state index >= 15 is 4.39 Å². The molecule has 2 aliphatic heterocycles. The number of anilines is 3. The van der Waals surface area contributed by atoms with Gasteiger partial charge in [0, 0.05) is 57.1 Å². The van der Waals surface area contributed by atoms with E-state index in [1.54, 1.807) is 12.1 Å². The van der Waals surface area contributed by atoms with Gasteiger partial charge in [0.15, 0.2) is 29.0 Å². The van der Waals surface area contributed by atoms with Gasteiger partial charge in [-0.2, -0.15) is 0 Å². The maximum absolute atomic E-state index is 15.0. The van der Waals surface area contributed by atoms with Crippen molar-refractivity contribution < 1.29 is 26.7 Å². The van der Waals surface area contributed by atoms with Crippen LogP contribution in [0.4, 0.5) is 39.3 Å². The van der Waals surface area contributed by atoms with E-state index in [0.717, 1.165) is 52.1 Å². The number of hydrogen-bond donors (Lipinski definition) is 1. The molecule has 0 bridgehead atoms. The maximum atomic E-state index is 15.0. The Bertz CT molecular complexity index is 1270. The number of benzene rings is 2. The first-order valence-electron chi connectivity index (χ1n) is 12.8. The fourth-order valence-electron chi connectivity index (χ4n) is 4.99. The lowest BCUT2D eigenvalue weighted by molar-refractivity contribution is 0.0981. The van der Waals surface area contributed by atoms with Crippen LogP contribution < -0.4 is 15.0 Å². The summed E-state index contributed by atoms with van der Waals surface area (Å²) in [5, 5.41) is 2.90. The Morgan fingerprint density at radius 1 is 0.846 bits per heavy atom. The molecular formula is C27H29F5N6O. The Labute approximate surface area is 223 Å². The fraction of sp³-hybridized carbons (Fsp3) is 0.407. The third-order valence-corrected chi connectivity index (χ3v) is 7.28. The summed E-state index contributed by atoms with van der Waals surface area (Å²) in [5.74, 6) is -6.30. The fourth-order valence-corrected chi connectivity index (χ4v) is 4.99. The molecular weight excluding hydrogens is 519 g/mol. The van der Waals surface area contributed by atoms with Crippen molar-refractivity contribution in [2.45, 2.75) is 25.5 Å². The van der Waals surface area contributed by atoms with Crippen molar-refractivity contribution in [3.8, 4) is 5.75 Å². The van der Waals surface area contributed by atoms with Gasteiger partial charge in [-0.1, -0.05) is 0 Å². The van der Waals surface area contributed by atoms with Gasteiger partial charge in [0.1, 0.15) is 12.4 Å². The summed E-state index contributed by atoms with van der Waals surface area (Å²) in [5.41, 5.74) is 0.112. The number of piperazine rings is 1. The molecule has 0 atom stereocenters. The summed E-state index contributed by atoms with van der Waals surface area (Å²) in [6.45, 7) is 5.15. The monoisotopic (exact) mass is 548 g/mol. The molecule has 3 aromatic rings. The van der Waals surface area contributed by atoms with Gasteiger partial charge < -0.3 is 19.9 Å². The number of hydrogen-bond acceptors (Lipinski definition) is 7. The highest BCUT2D eigenvalue weighted by molar-refractivity contribution is 5.60. The molecule has 2 aliphatic rings. The van der Waals surface area contributed by atoms with Crippen molar-refractivity contribution in [2.24, 2.45) is 0 Å². The normalized spacial score (nSPS) is 17.4. The van der Waals surface area contributed by atoms with E-state index in [-0.39, 0.29) is 23.6 Å². The van der Waals surface area contributed by atoms with Crippen LogP contribution in [0.3, 0.4) is 0 Å². The molecule has 0 amide bonds. The molecule has 7 nitrogen and oxygen atoms in total. The van der Waals surface area contributed by atoms with E-state index in [1.165, 1.54) is 18.5 Å². The van der Waals surface area contributed by atoms with E-state index in [2.05, 4.69) is 37.0 Å². The van der Waals surface area contributed by atoms with Gasteiger partial charge in [0.2, 0.25) is 5.95 Å². The number of ether oxygens (including phenoxy) is 1. The standard InChI is InChI=1S/C27H29F5N6O/c1-36-8-10-37(11-9-36)18-4-6-38(7-5-18)24-3-2-17(12-21(24)28)35-27-33-14-19(15-34-27)39-16-20-25(31)22(29)13-23(30)26(20)32/h2-3,12-15,18H,4-11,16H2,1H3,(H,33,34,35). The number of nitrogens with zero attached hydrogens (tertiary/aromatic N) is 5. The van der Waals surface area contributed by atoms with Crippen LogP contribution in [0.15, 0.2) is 36.7 Å². The zero-order valence-corrected chi connectivity index (χ0v) is 21.4. The Kier molecular flexibility index (Phi) is 8.12. The second-order valence-electron chi connectivity index (χ2n) is 9.83. The summed E-state index contributed by atoms with van der Waals surface area (Å²) in [6, 6.07) is 5.51. The van der Waals surface area contributed by atoms with Crippen LogP contribution in [0.1, 0.15) is 18.4 Å². The summed E-state index contributed by atoms with van der Waals surface area (Å²) in [6.07, 6.45) is 4.43. The second kappa shape index (κ2) is 11.7. The van der Waals surface area contributed by atoms with Crippen LogP contribution in [0.2, 0.25) is 0 Å². The molecule has 0 aliphatic carbocycles. The van der Waals surface area contributed by atoms with Crippen LogP contribution in [0.25, 0.3) is 0 Å². The topological polar surface area (TPSA) is 56.8 Å². The Balaban J connectivity index is 1.15. The van der Waals surface area contributed by atoms with Crippen molar-refractivity contribution in [3.63, 3.8) is 0 Å². The molecule has 1 aromatic heterocycles. The Morgan fingerprint density at radius 3 is 2.10 bits per heavy atom. The first kappa shape index (κ1) is 27.1. The van der Waals surface area contributed by atoms with E-state index in [0.29, 0.717) is 17.4 Å². The number of halogens is 5. The van der Waals surface area contributed by atoms with Gasteiger partial charge in [-0.05, 0) is 38.1 Å². The van der Waals surface area contributed by atoms with Gasteiger partial charge in [0.25, 0.3) is 0 Å². The molecule has 12 heteroatoms. The minimum Gasteiger partial charge on any atom is -0.485 e. The van der Waals surface area contributed by atoms with Crippen LogP contribution in [0, 0.1) is 29.1 Å². The van der Waals surface area contributed by atoms with Crippen LogP contribution in [-0.2, 0) is 6.61 Å². The lowest BCUT2D eigenvalue weighted by Crippen LogP contribution is -2.52. The van der Waals surface area contributed by atoms with Crippen LogP contribution >= 0.6 is 0 Å². The number of nitrogens with one attached hydrogen (secondary N) is 1. The molecule has 208 valence electrons. The highest BCUT2D eigenvalue weighted by atomic mass is 19.2. The average molecular weight is 549 g/mol.